The third-order valence-corrected chi connectivity index (χ3v) is 9.35. The van der Waals surface area contributed by atoms with Gasteiger partial charge in [0.1, 0.15) is 18.8 Å². The molecule has 1 unspecified atom stereocenters. The second-order valence-corrected chi connectivity index (χ2v) is 12.4. The molecule has 5 atom stereocenters. The molecule has 0 N–H and O–H groups in total. The molecule has 0 radical (unpaired) electrons. The molecule has 50 heavy (non-hydrogen) atoms. The van der Waals surface area contributed by atoms with E-state index in [9.17, 15) is 19.2 Å². The zero-order valence-electron chi connectivity index (χ0n) is 30.3. The highest BCUT2D eigenvalue weighted by Crippen LogP contribution is 2.48. The van der Waals surface area contributed by atoms with Gasteiger partial charge in [-0.3, -0.25) is 14.4 Å². The fourth-order valence-electron chi connectivity index (χ4n) is 6.97. The second kappa shape index (κ2) is 21.1. The van der Waals surface area contributed by atoms with E-state index in [-0.39, 0.29) is 49.4 Å². The van der Waals surface area contributed by atoms with E-state index in [0.29, 0.717) is 32.5 Å². The number of rotatable bonds is 20. The molecule has 1 heterocycles. The minimum absolute atomic E-state index is 0.0680. The number of Topliss-reactive ketones (excluding diaryl/α,β-unsaturated/α-hetero) is 2. The van der Waals surface area contributed by atoms with Crippen molar-refractivity contribution < 1.29 is 61.8 Å². The molecule has 0 aromatic carbocycles. The first-order valence-electron chi connectivity index (χ1n) is 17.3. The van der Waals surface area contributed by atoms with E-state index < -0.39 is 53.3 Å². The Morgan fingerprint density at radius 3 is 2.28 bits per heavy atom. The Bertz CT molecular complexity index is 1260. The molecular formula is C37H54O13. The van der Waals surface area contributed by atoms with Crippen LogP contribution in [0.25, 0.3) is 0 Å². The summed E-state index contributed by atoms with van der Waals surface area (Å²) < 4.78 is 49.9. The number of methoxy groups -OCH3 is 4. The minimum atomic E-state index is -1.39. The largest absolute Gasteiger partial charge is 0.516 e. The van der Waals surface area contributed by atoms with Crippen LogP contribution in [-0.2, 0) is 57.0 Å². The van der Waals surface area contributed by atoms with Gasteiger partial charge in [-0.05, 0) is 57.8 Å². The van der Waals surface area contributed by atoms with Crippen LogP contribution >= 0.6 is 0 Å². The van der Waals surface area contributed by atoms with Gasteiger partial charge in [-0.2, -0.15) is 0 Å². The van der Waals surface area contributed by atoms with Crippen LogP contribution in [-0.4, -0.2) is 90.8 Å². The molecular weight excluding hydrogens is 652 g/mol. The summed E-state index contributed by atoms with van der Waals surface area (Å²) in [5.41, 5.74) is 0.225. The van der Waals surface area contributed by atoms with E-state index >= 15 is 0 Å². The minimum Gasteiger partial charge on any atom is -0.468 e. The van der Waals surface area contributed by atoms with Crippen LogP contribution in [0.5, 0.6) is 0 Å². The number of carbonyl (C=O) groups excluding carboxylic acids is 4. The van der Waals surface area contributed by atoms with Crippen LogP contribution in [0.15, 0.2) is 47.5 Å². The maximum Gasteiger partial charge on any atom is 0.516 e. The van der Waals surface area contributed by atoms with E-state index in [4.69, 9.17) is 42.6 Å². The highest BCUT2D eigenvalue weighted by Gasteiger charge is 2.54. The average molecular weight is 707 g/mol. The van der Waals surface area contributed by atoms with Crippen LogP contribution in [0.4, 0.5) is 4.79 Å². The topological polar surface area (TPSA) is 151 Å². The van der Waals surface area contributed by atoms with Crippen molar-refractivity contribution in [2.24, 2.45) is 23.7 Å². The summed E-state index contributed by atoms with van der Waals surface area (Å²) in [6, 6.07) is 0. The maximum absolute atomic E-state index is 14.6. The third kappa shape index (κ3) is 10.6. The van der Waals surface area contributed by atoms with Crippen molar-refractivity contribution in [3.8, 4) is 0 Å². The lowest BCUT2D eigenvalue weighted by Gasteiger charge is -2.41. The summed E-state index contributed by atoms with van der Waals surface area (Å²) in [5.74, 6) is -7.01. The predicted octanol–water partition coefficient (Wildman–Crippen LogP) is 5.73. The smallest absolute Gasteiger partial charge is 0.468 e. The molecule has 3 rings (SSSR count). The van der Waals surface area contributed by atoms with Crippen molar-refractivity contribution in [3.63, 3.8) is 0 Å². The van der Waals surface area contributed by atoms with Gasteiger partial charge >= 0.3 is 12.1 Å². The van der Waals surface area contributed by atoms with E-state index in [1.807, 2.05) is 38.2 Å². The molecule has 13 nitrogen and oxygen atoms in total. The van der Waals surface area contributed by atoms with E-state index in [1.54, 1.807) is 0 Å². The molecule has 3 aliphatic rings. The zero-order valence-corrected chi connectivity index (χ0v) is 30.3. The number of fused-ring (bicyclic) bond motifs is 2. The molecule has 280 valence electrons. The number of esters is 1. The molecule has 0 aromatic heterocycles. The number of carbonyl (C=O) groups is 4. The quantitative estimate of drug-likeness (QED) is 0.0379. The standard InChI is InChI=1S/C37H54O13/c1-7-9-11-12-13-14-16-25-20-27-28(35(47-24-43-4)50-36(41)45-6)21-29(34(40)44-5)33(39)31(32(27)38)26(25)22-30(46-23-42-3)37(17-15-10-8-2)48-18-19-49-37/h7-10,20,25-26,29-31H,11-19,21-24H2,1-6H3/b9-7+,10-8+,35-28-/t25-,26+,29?,30-,31-/m1/s1. The van der Waals surface area contributed by atoms with Crippen LogP contribution < -0.4 is 0 Å². The molecule has 13 heteroatoms. The number of ketones is 2. The lowest BCUT2D eigenvalue weighted by molar-refractivity contribution is -0.258. The Kier molecular flexibility index (Phi) is 17.3. The SMILES string of the molecule is C/C=C/CCCCC[C@@H]1C=C2C(=O)[C@H](C(=O)C(C(=O)OC)C/C2=C(\OCOC)OC(=O)OC)[C@H]1C[C@@H](OCOC)C1(CC/C=C/C)OCCO1. The maximum atomic E-state index is 14.6. The van der Waals surface area contributed by atoms with Crippen LogP contribution in [0.3, 0.4) is 0 Å². The molecule has 1 aliphatic heterocycles. The summed E-state index contributed by atoms with van der Waals surface area (Å²) in [6.07, 6.45) is 13.4. The Morgan fingerprint density at radius 1 is 0.940 bits per heavy atom. The fraction of sp³-hybridized carbons (Fsp3) is 0.676. The van der Waals surface area contributed by atoms with Gasteiger partial charge < -0.3 is 42.6 Å². The molecule has 1 saturated carbocycles. The van der Waals surface area contributed by atoms with Gasteiger partial charge in [0.2, 0.25) is 0 Å². The van der Waals surface area contributed by atoms with Crippen molar-refractivity contribution in [1.82, 2.24) is 0 Å². The normalized spacial score (nSPS) is 25.0. The van der Waals surface area contributed by atoms with Crippen LogP contribution in [0.1, 0.15) is 71.6 Å². The number of ether oxygens (including phenoxy) is 9. The Balaban J connectivity index is 2.20. The first kappa shape index (κ1) is 41.1. The fourth-order valence-corrected chi connectivity index (χ4v) is 6.97. The van der Waals surface area contributed by atoms with Gasteiger partial charge in [-0.1, -0.05) is 43.2 Å². The Morgan fingerprint density at radius 2 is 1.64 bits per heavy atom. The van der Waals surface area contributed by atoms with Gasteiger partial charge in [0.05, 0.1) is 33.4 Å². The highest BCUT2D eigenvalue weighted by atomic mass is 16.8. The second-order valence-electron chi connectivity index (χ2n) is 12.4. The monoisotopic (exact) mass is 706 g/mol. The summed E-state index contributed by atoms with van der Waals surface area (Å²) in [6.45, 7) is 4.23. The van der Waals surface area contributed by atoms with Gasteiger partial charge in [-0.25, -0.2) is 4.79 Å². The van der Waals surface area contributed by atoms with E-state index in [0.717, 1.165) is 32.8 Å². The van der Waals surface area contributed by atoms with Gasteiger partial charge in [-0.15, -0.1) is 0 Å². The molecule has 1 saturated heterocycles. The highest BCUT2D eigenvalue weighted by molar-refractivity contribution is 6.19. The van der Waals surface area contributed by atoms with Gasteiger partial charge in [0.25, 0.3) is 5.95 Å². The first-order chi connectivity index (χ1) is 24.2. The molecule has 0 spiro atoms. The number of allylic oxidation sites excluding steroid dienone is 7. The van der Waals surface area contributed by atoms with Crippen LogP contribution in [0, 0.1) is 23.7 Å². The van der Waals surface area contributed by atoms with E-state index in [2.05, 4.69) is 6.08 Å². The lowest BCUT2D eigenvalue weighted by Crippen LogP contribution is -2.50. The summed E-state index contributed by atoms with van der Waals surface area (Å²) in [7, 11) is 5.19. The van der Waals surface area contributed by atoms with E-state index in [1.165, 1.54) is 21.3 Å². The van der Waals surface area contributed by atoms with Crippen molar-refractivity contribution in [1.29, 1.82) is 0 Å². The van der Waals surface area contributed by atoms with Crippen LogP contribution in [0.2, 0.25) is 0 Å². The van der Waals surface area contributed by atoms with Gasteiger partial charge in [0.15, 0.2) is 24.1 Å². The van der Waals surface area contributed by atoms with Crippen molar-refractivity contribution in [2.75, 3.05) is 55.2 Å². The van der Waals surface area contributed by atoms with Crippen molar-refractivity contribution in [3.05, 3.63) is 47.5 Å². The molecule has 0 aromatic rings. The summed E-state index contributed by atoms with van der Waals surface area (Å²) >= 11 is 0. The zero-order chi connectivity index (χ0) is 36.5. The molecule has 2 bridgehead atoms. The third-order valence-electron chi connectivity index (χ3n) is 9.35. The van der Waals surface area contributed by atoms with Crippen molar-refractivity contribution in [2.45, 2.75) is 83.5 Å². The number of unbranched alkanes of at least 4 members (excludes halogenated alkanes) is 3. The summed E-state index contributed by atoms with van der Waals surface area (Å²) in [4.78, 5) is 54.7. The Hall–Kier alpha value is -3.36. The van der Waals surface area contributed by atoms with Crippen molar-refractivity contribution >= 4 is 23.7 Å². The predicted molar refractivity (Wildman–Crippen MR) is 180 cm³/mol. The Labute approximate surface area is 295 Å². The molecule has 0 amide bonds. The first-order valence-corrected chi connectivity index (χ1v) is 17.3. The number of hydrogen-bond acceptors (Lipinski definition) is 13. The lowest BCUT2D eigenvalue weighted by atomic mass is 9.66. The summed E-state index contributed by atoms with van der Waals surface area (Å²) in [5, 5.41) is 0. The average Bonchev–Trinajstić information content (AvgIpc) is 3.58. The molecule has 2 fully saturated rings. The van der Waals surface area contributed by atoms with Gasteiger partial charge in [0, 0.05) is 38.2 Å². The number of hydrogen-bond donors (Lipinski definition) is 0. The molecule has 2 aliphatic carbocycles.